The molecule has 2 aliphatic heterocycles. The molecule has 2 heterocycles. The third-order valence-electron chi connectivity index (χ3n) is 9.10. The summed E-state index contributed by atoms with van der Waals surface area (Å²) < 4.78 is 5.81. The molecule has 2 aromatic carbocycles. The number of nitrogens with one attached hydrogen (secondary N) is 1. The topological polar surface area (TPSA) is 85.4 Å². The number of rotatable bonds is 14. The van der Waals surface area contributed by atoms with Crippen LogP contribution in [0.5, 0.6) is 0 Å². The molecule has 2 saturated heterocycles. The summed E-state index contributed by atoms with van der Waals surface area (Å²) in [4.78, 5) is 44.2. The van der Waals surface area contributed by atoms with Crippen molar-refractivity contribution in [2.24, 2.45) is 0 Å². The Hall–Kier alpha value is -3.43. The minimum atomic E-state index is -0.440. The van der Waals surface area contributed by atoms with Crippen molar-refractivity contribution in [3.8, 4) is 11.1 Å². The summed E-state index contributed by atoms with van der Waals surface area (Å²) in [5, 5.41) is 6.95. The number of nitrogens with zero attached hydrogens (tertiary/aromatic N) is 4. The lowest BCUT2D eigenvalue weighted by Gasteiger charge is -2.44. The summed E-state index contributed by atoms with van der Waals surface area (Å²) >= 11 is 0. The van der Waals surface area contributed by atoms with Gasteiger partial charge in [0.25, 0.3) is 0 Å². The number of benzene rings is 2. The van der Waals surface area contributed by atoms with Crippen LogP contribution in [0.1, 0.15) is 78.6 Å². The van der Waals surface area contributed by atoms with Gasteiger partial charge in [-0.25, -0.2) is 9.80 Å². The van der Waals surface area contributed by atoms with Crippen LogP contribution in [0.3, 0.4) is 0 Å². The van der Waals surface area contributed by atoms with Crippen molar-refractivity contribution < 1.29 is 19.1 Å². The van der Waals surface area contributed by atoms with E-state index in [9.17, 15) is 14.4 Å². The van der Waals surface area contributed by atoms with Gasteiger partial charge in [-0.15, -0.1) is 0 Å². The molecule has 0 unspecified atom stereocenters. The standard InChI is InChI=1S/C36H53N5O4/c1-4-7-14-25-41(40-24-15-13-20-33(40)35(43)39(5-2)6-3)34(42)23-28-38-26-21-30(22-27-38)45-36(44)37-32-19-12-11-18-31(32)29-16-9-8-10-17-29/h8-12,16-19,30,33H,4-7,13-15,20-28H2,1-3H3,(H,37,44)/t33-/m1/s1. The van der Waals surface area contributed by atoms with E-state index in [4.69, 9.17) is 4.74 Å². The second kappa shape index (κ2) is 17.9. The van der Waals surface area contributed by atoms with Crippen LogP contribution in [-0.4, -0.2) is 95.7 Å². The van der Waals surface area contributed by atoms with Crippen LogP contribution in [0.4, 0.5) is 10.5 Å². The first kappa shape index (κ1) is 34.4. The molecule has 0 saturated carbocycles. The summed E-state index contributed by atoms with van der Waals surface area (Å²) in [6, 6.07) is 17.5. The Balaban J connectivity index is 1.28. The van der Waals surface area contributed by atoms with Gasteiger partial charge in [0.2, 0.25) is 11.8 Å². The summed E-state index contributed by atoms with van der Waals surface area (Å²) in [7, 11) is 0. The molecule has 45 heavy (non-hydrogen) atoms. The number of ether oxygens (including phenoxy) is 1. The van der Waals surface area contributed by atoms with Gasteiger partial charge in [-0.2, -0.15) is 0 Å². The van der Waals surface area contributed by atoms with Gasteiger partial charge in [0.1, 0.15) is 12.1 Å². The predicted octanol–water partition coefficient (Wildman–Crippen LogP) is 6.41. The number of amides is 3. The number of unbranched alkanes of at least 4 members (excludes halogenated alkanes) is 2. The quantitative estimate of drug-likeness (QED) is 0.246. The third-order valence-corrected chi connectivity index (χ3v) is 9.10. The second-order valence-corrected chi connectivity index (χ2v) is 12.1. The molecule has 3 amide bonds. The number of likely N-dealkylation sites (N-methyl/N-ethyl adjacent to an activating group) is 1. The summed E-state index contributed by atoms with van der Waals surface area (Å²) in [6.45, 7) is 11.2. The van der Waals surface area contributed by atoms with E-state index in [-0.39, 0.29) is 24.0 Å². The highest BCUT2D eigenvalue weighted by Crippen LogP contribution is 2.28. The fraction of sp³-hybridized carbons (Fsp3) is 0.583. The van der Waals surface area contributed by atoms with E-state index < -0.39 is 6.09 Å². The number of anilines is 1. The van der Waals surface area contributed by atoms with Crippen molar-refractivity contribution in [1.82, 2.24) is 19.8 Å². The van der Waals surface area contributed by atoms with Crippen molar-refractivity contribution in [2.75, 3.05) is 51.1 Å². The molecule has 2 fully saturated rings. The number of hydrogen-bond acceptors (Lipinski definition) is 6. The van der Waals surface area contributed by atoms with Gasteiger partial charge in [-0.3, -0.25) is 19.9 Å². The summed E-state index contributed by atoms with van der Waals surface area (Å²) in [5.74, 6) is 0.239. The van der Waals surface area contributed by atoms with Crippen molar-refractivity contribution in [3.05, 3.63) is 54.6 Å². The number of hydrogen-bond donors (Lipinski definition) is 1. The number of carbonyl (C=O) groups excluding carboxylic acids is 3. The molecule has 246 valence electrons. The lowest BCUT2D eigenvalue weighted by molar-refractivity contribution is -0.166. The molecule has 0 radical (unpaired) electrons. The zero-order valence-corrected chi connectivity index (χ0v) is 27.6. The Morgan fingerprint density at radius 3 is 2.29 bits per heavy atom. The average molecular weight is 620 g/mol. The van der Waals surface area contributed by atoms with E-state index >= 15 is 0 Å². The largest absolute Gasteiger partial charge is 0.446 e. The number of piperidine rings is 2. The van der Waals surface area contributed by atoms with Gasteiger partial charge >= 0.3 is 6.09 Å². The van der Waals surface area contributed by atoms with E-state index in [0.717, 1.165) is 87.8 Å². The SMILES string of the molecule is CCCCCN(C(=O)CCN1CCC(OC(=O)Nc2ccccc2-c2ccccc2)CC1)N1CCCC[C@@H]1C(=O)N(CC)CC. The number of para-hydroxylation sites is 1. The Kier molecular flexibility index (Phi) is 13.7. The molecule has 9 heteroatoms. The number of likely N-dealkylation sites (tertiary alicyclic amines) is 1. The van der Waals surface area contributed by atoms with E-state index in [0.29, 0.717) is 32.6 Å². The van der Waals surface area contributed by atoms with Crippen LogP contribution < -0.4 is 5.32 Å². The Bertz CT molecular complexity index is 1210. The smallest absolute Gasteiger partial charge is 0.411 e. The van der Waals surface area contributed by atoms with Crippen molar-refractivity contribution in [3.63, 3.8) is 0 Å². The lowest BCUT2D eigenvalue weighted by atomic mass is 10.0. The molecule has 4 rings (SSSR count). The highest BCUT2D eigenvalue weighted by Gasteiger charge is 2.36. The fourth-order valence-electron chi connectivity index (χ4n) is 6.50. The predicted molar refractivity (Wildman–Crippen MR) is 180 cm³/mol. The number of carbonyl (C=O) groups is 3. The highest BCUT2D eigenvalue weighted by atomic mass is 16.6. The molecular formula is C36H53N5O4. The van der Waals surface area contributed by atoms with Gasteiger partial charge in [0, 0.05) is 57.8 Å². The first-order chi connectivity index (χ1) is 21.9. The normalized spacial score (nSPS) is 17.9. The van der Waals surface area contributed by atoms with Gasteiger partial charge in [-0.05, 0) is 64.0 Å². The molecule has 2 aliphatic rings. The van der Waals surface area contributed by atoms with E-state index in [2.05, 4.69) is 22.1 Å². The lowest BCUT2D eigenvalue weighted by Crippen LogP contribution is -2.59. The Labute approximate surface area is 269 Å². The highest BCUT2D eigenvalue weighted by molar-refractivity contribution is 5.91. The van der Waals surface area contributed by atoms with E-state index in [1.165, 1.54) is 0 Å². The van der Waals surface area contributed by atoms with Gasteiger partial charge in [0.05, 0.1) is 5.69 Å². The van der Waals surface area contributed by atoms with Gasteiger partial charge in [-0.1, -0.05) is 68.3 Å². The molecule has 0 aromatic heterocycles. The molecule has 9 nitrogen and oxygen atoms in total. The zero-order valence-electron chi connectivity index (χ0n) is 27.6. The van der Waals surface area contributed by atoms with E-state index in [1.807, 2.05) is 78.4 Å². The molecule has 2 aromatic rings. The van der Waals surface area contributed by atoms with Crippen molar-refractivity contribution in [1.29, 1.82) is 0 Å². The Morgan fingerprint density at radius 1 is 0.867 bits per heavy atom. The van der Waals surface area contributed by atoms with Crippen LogP contribution >= 0.6 is 0 Å². The van der Waals surface area contributed by atoms with Gasteiger partial charge < -0.3 is 14.5 Å². The molecule has 0 spiro atoms. The van der Waals surface area contributed by atoms with E-state index in [1.54, 1.807) is 0 Å². The van der Waals surface area contributed by atoms with Crippen LogP contribution in [0.25, 0.3) is 11.1 Å². The molecule has 1 atom stereocenters. The van der Waals surface area contributed by atoms with Crippen LogP contribution in [-0.2, 0) is 14.3 Å². The number of hydrazine groups is 1. The van der Waals surface area contributed by atoms with Crippen LogP contribution in [0, 0.1) is 0 Å². The first-order valence-electron chi connectivity index (χ1n) is 17.1. The van der Waals surface area contributed by atoms with Crippen LogP contribution in [0.15, 0.2) is 54.6 Å². The summed E-state index contributed by atoms with van der Waals surface area (Å²) in [5.41, 5.74) is 2.71. The monoisotopic (exact) mass is 619 g/mol. The second-order valence-electron chi connectivity index (χ2n) is 12.1. The minimum absolute atomic E-state index is 0.0974. The van der Waals surface area contributed by atoms with Gasteiger partial charge in [0.15, 0.2) is 0 Å². The molecular weight excluding hydrogens is 566 g/mol. The van der Waals surface area contributed by atoms with Crippen molar-refractivity contribution in [2.45, 2.75) is 90.7 Å². The average Bonchev–Trinajstić information content (AvgIpc) is 3.07. The maximum Gasteiger partial charge on any atom is 0.411 e. The van der Waals surface area contributed by atoms with Crippen molar-refractivity contribution >= 4 is 23.6 Å². The first-order valence-corrected chi connectivity index (χ1v) is 17.1. The maximum atomic E-state index is 13.7. The summed E-state index contributed by atoms with van der Waals surface area (Å²) in [6.07, 6.45) is 7.16. The minimum Gasteiger partial charge on any atom is -0.446 e. The zero-order chi connectivity index (χ0) is 32.0. The molecule has 1 N–H and O–H groups in total. The maximum absolute atomic E-state index is 13.7. The third kappa shape index (κ3) is 9.78. The molecule has 0 aliphatic carbocycles. The Morgan fingerprint density at radius 2 is 1.58 bits per heavy atom. The van der Waals surface area contributed by atoms with Crippen LogP contribution in [0.2, 0.25) is 0 Å². The fourth-order valence-corrected chi connectivity index (χ4v) is 6.50. The molecule has 0 bridgehead atoms.